The predicted octanol–water partition coefficient (Wildman–Crippen LogP) is 2.49. The smallest absolute Gasteiger partial charge is 0.188 e. The summed E-state index contributed by atoms with van der Waals surface area (Å²) >= 11 is 1.78. The molecule has 0 aromatic carbocycles. The van der Waals surface area contributed by atoms with Crippen LogP contribution in [0.1, 0.15) is 48.9 Å². The normalized spacial score (nSPS) is 17.6. The molecule has 0 radical (unpaired) electrons. The van der Waals surface area contributed by atoms with Gasteiger partial charge in [-0.3, -0.25) is 4.99 Å². The first-order chi connectivity index (χ1) is 9.28. The maximum absolute atomic E-state index is 5.92. The predicted molar refractivity (Wildman–Crippen MR) is 81.7 cm³/mol. The summed E-state index contributed by atoms with van der Waals surface area (Å²) in [6, 6.07) is 0.532. The molecule has 2 rings (SSSR count). The van der Waals surface area contributed by atoms with Crippen molar-refractivity contribution in [3.05, 3.63) is 16.1 Å². The molecule has 0 bridgehead atoms. The first kappa shape index (κ1) is 14.3. The van der Waals surface area contributed by atoms with Gasteiger partial charge >= 0.3 is 0 Å². The Morgan fingerprint density at radius 1 is 1.47 bits per heavy atom. The number of guanidine groups is 1. The lowest BCUT2D eigenvalue weighted by atomic mass is 9.96. The summed E-state index contributed by atoms with van der Waals surface area (Å²) in [5.41, 5.74) is 5.92. The zero-order chi connectivity index (χ0) is 13.5. The average Bonchev–Trinajstić information content (AvgIpc) is 2.88. The Balaban J connectivity index is 1.71. The summed E-state index contributed by atoms with van der Waals surface area (Å²) in [6.07, 6.45) is 10.3. The number of hydrogen-bond acceptors (Lipinski definition) is 3. The molecule has 1 aliphatic rings. The van der Waals surface area contributed by atoms with Gasteiger partial charge in [-0.2, -0.15) is 0 Å². The molecular formula is C14H24N4S. The quantitative estimate of drug-likeness (QED) is 0.643. The molecular weight excluding hydrogens is 256 g/mol. The van der Waals surface area contributed by atoms with Crippen molar-refractivity contribution in [3.63, 3.8) is 0 Å². The topological polar surface area (TPSA) is 63.3 Å². The van der Waals surface area contributed by atoms with Crippen molar-refractivity contribution in [2.75, 3.05) is 6.54 Å². The average molecular weight is 280 g/mol. The summed E-state index contributed by atoms with van der Waals surface area (Å²) < 4.78 is 0. The number of aliphatic imine (C=N–C) groups is 1. The molecule has 4 nitrogen and oxygen atoms in total. The van der Waals surface area contributed by atoms with E-state index in [4.69, 9.17) is 5.73 Å². The van der Waals surface area contributed by atoms with Crippen molar-refractivity contribution in [2.45, 2.75) is 57.9 Å². The van der Waals surface area contributed by atoms with Crippen molar-refractivity contribution in [1.29, 1.82) is 0 Å². The number of aryl methyl sites for hydroxylation is 1. The van der Waals surface area contributed by atoms with Gasteiger partial charge in [-0.25, -0.2) is 4.98 Å². The van der Waals surface area contributed by atoms with E-state index in [1.54, 1.807) is 11.3 Å². The molecule has 106 valence electrons. The highest BCUT2D eigenvalue weighted by Crippen LogP contribution is 2.17. The van der Waals surface area contributed by atoms with Crippen molar-refractivity contribution in [2.24, 2.45) is 10.7 Å². The molecule has 19 heavy (non-hydrogen) atoms. The van der Waals surface area contributed by atoms with Gasteiger partial charge in [0.2, 0.25) is 0 Å². The van der Waals surface area contributed by atoms with E-state index < -0.39 is 0 Å². The molecule has 0 saturated heterocycles. The van der Waals surface area contributed by atoms with E-state index in [-0.39, 0.29) is 0 Å². The summed E-state index contributed by atoms with van der Waals surface area (Å²) in [5, 5.41) is 4.49. The fourth-order valence-corrected chi connectivity index (χ4v) is 3.25. The Bertz CT molecular complexity index is 407. The maximum atomic E-state index is 5.92. The molecule has 1 heterocycles. The highest BCUT2D eigenvalue weighted by molar-refractivity contribution is 7.11. The van der Waals surface area contributed by atoms with Crippen LogP contribution in [0.15, 0.2) is 11.2 Å². The van der Waals surface area contributed by atoms with E-state index in [2.05, 4.69) is 22.2 Å². The van der Waals surface area contributed by atoms with Gasteiger partial charge in [0.05, 0.1) is 5.01 Å². The fourth-order valence-electron chi connectivity index (χ4n) is 2.40. The molecule has 3 N–H and O–H groups in total. The van der Waals surface area contributed by atoms with Gasteiger partial charge < -0.3 is 11.1 Å². The van der Waals surface area contributed by atoms with Crippen molar-refractivity contribution >= 4 is 17.3 Å². The summed E-state index contributed by atoms with van der Waals surface area (Å²) in [6.45, 7) is 2.88. The van der Waals surface area contributed by atoms with Gasteiger partial charge in [-0.1, -0.05) is 26.2 Å². The van der Waals surface area contributed by atoms with E-state index in [0.717, 1.165) is 24.4 Å². The summed E-state index contributed by atoms with van der Waals surface area (Å²) in [7, 11) is 0. The van der Waals surface area contributed by atoms with Crippen molar-refractivity contribution in [3.8, 4) is 0 Å². The van der Waals surface area contributed by atoms with Crippen molar-refractivity contribution in [1.82, 2.24) is 10.3 Å². The molecule has 0 atom stereocenters. The summed E-state index contributed by atoms with van der Waals surface area (Å²) in [4.78, 5) is 10.1. The zero-order valence-corrected chi connectivity index (χ0v) is 12.5. The Morgan fingerprint density at radius 3 is 2.95 bits per heavy atom. The third-order valence-corrected chi connectivity index (χ3v) is 4.72. The van der Waals surface area contributed by atoms with Crippen molar-refractivity contribution < 1.29 is 0 Å². The summed E-state index contributed by atoms with van der Waals surface area (Å²) in [5.74, 6) is 0.596. The Labute approximate surface area is 119 Å². The van der Waals surface area contributed by atoms with Crippen LogP contribution in [-0.4, -0.2) is 23.5 Å². The number of nitrogens with one attached hydrogen (secondary N) is 1. The van der Waals surface area contributed by atoms with Gasteiger partial charge in [-0.15, -0.1) is 11.3 Å². The van der Waals surface area contributed by atoms with E-state index in [9.17, 15) is 0 Å². The molecule has 1 aromatic heterocycles. The van der Waals surface area contributed by atoms with Crippen LogP contribution in [0.3, 0.4) is 0 Å². The largest absolute Gasteiger partial charge is 0.370 e. The SMILES string of the molecule is CCc1cnc(CCN=C(N)NC2CCCCC2)s1. The minimum atomic E-state index is 0.532. The number of thiazole rings is 1. The number of nitrogens with two attached hydrogens (primary N) is 1. The number of nitrogens with zero attached hydrogens (tertiary/aromatic N) is 2. The molecule has 0 amide bonds. The molecule has 0 spiro atoms. The second kappa shape index (κ2) is 7.48. The van der Waals surface area contributed by atoms with Crippen LogP contribution < -0.4 is 11.1 Å². The fraction of sp³-hybridized carbons (Fsp3) is 0.714. The molecule has 0 unspecified atom stereocenters. The van der Waals surface area contributed by atoms with E-state index >= 15 is 0 Å². The van der Waals surface area contributed by atoms with E-state index in [1.807, 2.05) is 6.20 Å². The second-order valence-electron chi connectivity index (χ2n) is 5.07. The lowest BCUT2D eigenvalue weighted by Gasteiger charge is -2.23. The Morgan fingerprint density at radius 2 is 2.26 bits per heavy atom. The van der Waals surface area contributed by atoms with Crippen LogP contribution in [0.5, 0.6) is 0 Å². The molecule has 0 aliphatic heterocycles. The van der Waals surface area contributed by atoms with Gasteiger partial charge in [0.25, 0.3) is 0 Å². The van der Waals surface area contributed by atoms with Crippen LogP contribution in [0.2, 0.25) is 0 Å². The zero-order valence-electron chi connectivity index (χ0n) is 11.7. The van der Waals surface area contributed by atoms with Crippen LogP contribution in [0, 0.1) is 0 Å². The number of rotatable bonds is 5. The highest BCUT2D eigenvalue weighted by atomic mass is 32.1. The van der Waals surface area contributed by atoms with Gasteiger partial charge in [0.15, 0.2) is 5.96 Å². The lowest BCUT2D eigenvalue weighted by molar-refractivity contribution is 0.412. The third kappa shape index (κ3) is 4.82. The highest BCUT2D eigenvalue weighted by Gasteiger charge is 2.13. The van der Waals surface area contributed by atoms with Crippen LogP contribution in [0.25, 0.3) is 0 Å². The van der Waals surface area contributed by atoms with Crippen LogP contribution in [0.4, 0.5) is 0 Å². The molecule has 1 saturated carbocycles. The molecule has 1 aliphatic carbocycles. The van der Waals surface area contributed by atoms with Gasteiger partial charge in [-0.05, 0) is 19.3 Å². The lowest BCUT2D eigenvalue weighted by Crippen LogP contribution is -2.41. The van der Waals surface area contributed by atoms with E-state index in [0.29, 0.717) is 12.0 Å². The monoisotopic (exact) mass is 280 g/mol. The third-order valence-electron chi connectivity index (χ3n) is 3.51. The minimum Gasteiger partial charge on any atom is -0.370 e. The minimum absolute atomic E-state index is 0.532. The Kier molecular flexibility index (Phi) is 5.63. The van der Waals surface area contributed by atoms with Gasteiger partial charge in [0.1, 0.15) is 0 Å². The standard InChI is InChI=1S/C14H24N4S/c1-2-12-10-17-13(19-12)8-9-16-14(15)18-11-6-4-3-5-7-11/h10-11H,2-9H2,1H3,(H3,15,16,18). The Hall–Kier alpha value is -1.10. The number of aromatic nitrogens is 1. The van der Waals surface area contributed by atoms with Crippen LogP contribution >= 0.6 is 11.3 Å². The van der Waals surface area contributed by atoms with E-state index in [1.165, 1.54) is 37.0 Å². The van der Waals surface area contributed by atoms with Crippen LogP contribution in [-0.2, 0) is 12.8 Å². The maximum Gasteiger partial charge on any atom is 0.188 e. The second-order valence-corrected chi connectivity index (χ2v) is 6.27. The number of hydrogen-bond donors (Lipinski definition) is 2. The molecule has 1 fully saturated rings. The van der Waals surface area contributed by atoms with Gasteiger partial charge in [0, 0.05) is 30.1 Å². The first-order valence-electron chi connectivity index (χ1n) is 7.28. The molecule has 5 heteroatoms. The first-order valence-corrected chi connectivity index (χ1v) is 8.09. The molecule has 1 aromatic rings.